The van der Waals surface area contributed by atoms with Gasteiger partial charge in [-0.15, -0.1) is 0 Å². The van der Waals surface area contributed by atoms with E-state index in [0.29, 0.717) is 22.2 Å². The number of aromatic nitrogens is 3. The van der Waals surface area contributed by atoms with Crippen LogP contribution in [0.2, 0.25) is 5.15 Å². The Kier molecular flexibility index (Phi) is 3.33. The summed E-state index contributed by atoms with van der Waals surface area (Å²) in [5.74, 6) is 0.397. The zero-order chi connectivity index (χ0) is 12.4. The van der Waals surface area contributed by atoms with Crippen LogP contribution in [0.4, 0.5) is 4.39 Å². The topological polar surface area (TPSA) is 38.7 Å². The molecule has 2 aromatic rings. The average molecular weight is 252 g/mol. The van der Waals surface area contributed by atoms with E-state index in [9.17, 15) is 4.39 Å². The zero-order valence-electron chi connectivity index (χ0n) is 9.48. The molecule has 0 fully saturated rings. The summed E-state index contributed by atoms with van der Waals surface area (Å²) in [7, 11) is 0. The molecule has 2 rings (SSSR count). The highest BCUT2D eigenvalue weighted by Gasteiger charge is 2.09. The van der Waals surface area contributed by atoms with Gasteiger partial charge >= 0.3 is 0 Å². The third kappa shape index (κ3) is 2.77. The van der Waals surface area contributed by atoms with Gasteiger partial charge in [-0.25, -0.2) is 14.4 Å². The Balaban J connectivity index is 2.52. The molecule has 88 valence electrons. The predicted molar refractivity (Wildman–Crippen MR) is 64.3 cm³/mol. The Morgan fingerprint density at radius 2 is 1.94 bits per heavy atom. The maximum absolute atomic E-state index is 13.1. The maximum Gasteiger partial charge on any atom is 0.142 e. The lowest BCUT2D eigenvalue weighted by molar-refractivity contribution is 0.622. The van der Waals surface area contributed by atoms with Crippen molar-refractivity contribution in [2.24, 2.45) is 0 Å². The normalized spacial score (nSPS) is 10.9. The second-order valence-electron chi connectivity index (χ2n) is 3.98. The third-order valence-electron chi connectivity index (χ3n) is 2.23. The summed E-state index contributed by atoms with van der Waals surface area (Å²) in [6.07, 6.45) is 2.70. The van der Waals surface area contributed by atoms with Crippen LogP contribution in [0.3, 0.4) is 0 Å². The highest BCUT2D eigenvalue weighted by Crippen LogP contribution is 2.22. The summed E-state index contributed by atoms with van der Waals surface area (Å²) in [6.45, 7) is 3.94. The van der Waals surface area contributed by atoms with Crippen LogP contribution in [0.15, 0.2) is 24.5 Å². The fourth-order valence-electron chi connectivity index (χ4n) is 1.39. The van der Waals surface area contributed by atoms with Crippen molar-refractivity contribution in [1.29, 1.82) is 0 Å². The van der Waals surface area contributed by atoms with Gasteiger partial charge in [-0.3, -0.25) is 4.98 Å². The molecule has 0 atom stereocenters. The Morgan fingerprint density at radius 1 is 1.18 bits per heavy atom. The van der Waals surface area contributed by atoms with Gasteiger partial charge in [-0.05, 0) is 6.07 Å². The summed E-state index contributed by atoms with van der Waals surface area (Å²) in [6, 6.07) is 2.97. The average Bonchev–Trinajstić information content (AvgIpc) is 2.28. The van der Waals surface area contributed by atoms with Crippen molar-refractivity contribution < 1.29 is 4.39 Å². The number of nitrogens with zero attached hydrogens (tertiary/aromatic N) is 3. The zero-order valence-corrected chi connectivity index (χ0v) is 10.2. The molecule has 3 nitrogen and oxygen atoms in total. The molecule has 0 radical (unpaired) electrons. The summed E-state index contributed by atoms with van der Waals surface area (Å²) in [5, 5.41) is 0.350. The smallest absolute Gasteiger partial charge is 0.142 e. The van der Waals surface area contributed by atoms with Crippen molar-refractivity contribution in [2.75, 3.05) is 0 Å². The molecule has 0 amide bonds. The maximum atomic E-state index is 13.1. The van der Waals surface area contributed by atoms with Crippen LogP contribution in [0.5, 0.6) is 0 Å². The predicted octanol–water partition coefficient (Wildman–Crippen LogP) is 3.45. The van der Waals surface area contributed by atoms with Crippen LogP contribution in [-0.2, 0) is 0 Å². The van der Waals surface area contributed by atoms with E-state index >= 15 is 0 Å². The minimum absolute atomic E-state index is 0.161. The molecule has 0 N–H and O–H groups in total. The van der Waals surface area contributed by atoms with Gasteiger partial charge in [-0.1, -0.05) is 25.4 Å². The van der Waals surface area contributed by atoms with Crippen LogP contribution in [0, 0.1) is 5.82 Å². The van der Waals surface area contributed by atoms with E-state index in [1.165, 1.54) is 6.07 Å². The van der Waals surface area contributed by atoms with E-state index in [4.69, 9.17) is 11.6 Å². The second-order valence-corrected chi connectivity index (χ2v) is 4.37. The highest BCUT2D eigenvalue weighted by molar-refractivity contribution is 6.29. The number of hydrogen-bond donors (Lipinski definition) is 0. The summed E-state index contributed by atoms with van der Waals surface area (Å²) in [4.78, 5) is 12.2. The fraction of sp³-hybridized carbons (Fsp3) is 0.250. The molecule has 0 unspecified atom stereocenters. The van der Waals surface area contributed by atoms with E-state index in [-0.39, 0.29) is 5.92 Å². The van der Waals surface area contributed by atoms with Gasteiger partial charge in [0, 0.05) is 23.7 Å². The Morgan fingerprint density at radius 3 is 2.59 bits per heavy atom. The first-order valence-electron chi connectivity index (χ1n) is 5.21. The largest absolute Gasteiger partial charge is 0.261 e. The van der Waals surface area contributed by atoms with E-state index < -0.39 is 5.82 Å². The minimum atomic E-state index is -0.400. The van der Waals surface area contributed by atoms with E-state index in [1.807, 2.05) is 13.8 Å². The van der Waals surface area contributed by atoms with Crippen molar-refractivity contribution in [3.63, 3.8) is 0 Å². The van der Waals surface area contributed by atoms with Crippen LogP contribution in [0.25, 0.3) is 11.3 Å². The van der Waals surface area contributed by atoms with Gasteiger partial charge in [0.15, 0.2) is 0 Å². The molecule has 0 aliphatic heterocycles. The first-order valence-corrected chi connectivity index (χ1v) is 5.59. The Bertz CT molecular complexity index is 543. The molecule has 2 aromatic heterocycles. The lowest BCUT2D eigenvalue weighted by Crippen LogP contribution is -1.99. The number of rotatable bonds is 2. The SMILES string of the molecule is CC(C)c1nc(Cl)cc(-c2cncc(F)c2)n1. The van der Waals surface area contributed by atoms with Crippen molar-refractivity contribution in [1.82, 2.24) is 15.0 Å². The minimum Gasteiger partial charge on any atom is -0.261 e. The summed E-state index contributed by atoms with van der Waals surface area (Å²) < 4.78 is 13.1. The highest BCUT2D eigenvalue weighted by atomic mass is 35.5. The molecule has 0 aliphatic carbocycles. The molecule has 2 heterocycles. The molecular weight excluding hydrogens is 241 g/mol. The number of pyridine rings is 1. The molecule has 17 heavy (non-hydrogen) atoms. The first kappa shape index (κ1) is 11.9. The third-order valence-corrected chi connectivity index (χ3v) is 2.42. The summed E-state index contributed by atoms with van der Waals surface area (Å²) >= 11 is 5.92. The van der Waals surface area contributed by atoms with Crippen molar-refractivity contribution >= 4 is 11.6 Å². The Hall–Kier alpha value is -1.55. The molecular formula is C12H11ClFN3. The van der Waals surface area contributed by atoms with Crippen molar-refractivity contribution in [3.8, 4) is 11.3 Å². The van der Waals surface area contributed by atoms with Gasteiger partial charge in [0.05, 0.1) is 11.9 Å². The van der Waals surface area contributed by atoms with Gasteiger partial charge < -0.3 is 0 Å². The van der Waals surface area contributed by atoms with Crippen LogP contribution in [0.1, 0.15) is 25.6 Å². The van der Waals surface area contributed by atoms with Crippen molar-refractivity contribution in [2.45, 2.75) is 19.8 Å². The van der Waals surface area contributed by atoms with Gasteiger partial charge in [0.25, 0.3) is 0 Å². The van der Waals surface area contributed by atoms with Gasteiger partial charge in [0.1, 0.15) is 16.8 Å². The molecule has 0 saturated carbocycles. The number of halogens is 2. The molecule has 5 heteroatoms. The van der Waals surface area contributed by atoms with E-state index in [2.05, 4.69) is 15.0 Å². The van der Waals surface area contributed by atoms with Gasteiger partial charge in [0.2, 0.25) is 0 Å². The molecule has 0 spiro atoms. The number of hydrogen-bond acceptors (Lipinski definition) is 3. The molecule has 0 saturated heterocycles. The van der Waals surface area contributed by atoms with Gasteiger partial charge in [-0.2, -0.15) is 0 Å². The van der Waals surface area contributed by atoms with E-state index in [0.717, 1.165) is 6.20 Å². The second kappa shape index (κ2) is 4.75. The van der Waals surface area contributed by atoms with Crippen LogP contribution < -0.4 is 0 Å². The summed E-state index contributed by atoms with van der Waals surface area (Å²) in [5.41, 5.74) is 1.18. The first-order chi connectivity index (χ1) is 8.06. The lowest BCUT2D eigenvalue weighted by Gasteiger charge is -2.07. The monoisotopic (exact) mass is 251 g/mol. The standard InChI is InChI=1S/C12H11ClFN3/c1-7(2)12-16-10(4-11(13)17-12)8-3-9(14)6-15-5-8/h3-7H,1-2H3. The van der Waals surface area contributed by atoms with E-state index in [1.54, 1.807) is 12.3 Å². The Labute approximate surface area is 104 Å². The molecule has 0 aromatic carbocycles. The fourth-order valence-corrected chi connectivity index (χ4v) is 1.58. The van der Waals surface area contributed by atoms with Crippen LogP contribution >= 0.6 is 11.6 Å². The molecule has 0 aliphatic rings. The molecule has 0 bridgehead atoms. The lowest BCUT2D eigenvalue weighted by atomic mass is 10.1. The van der Waals surface area contributed by atoms with Crippen molar-refractivity contribution in [3.05, 3.63) is 41.3 Å². The van der Waals surface area contributed by atoms with Crippen LogP contribution in [-0.4, -0.2) is 15.0 Å². The quantitative estimate of drug-likeness (QED) is 0.768.